The van der Waals surface area contributed by atoms with Gasteiger partial charge in [-0.1, -0.05) is 15.9 Å². The van der Waals surface area contributed by atoms with Crippen LogP contribution in [-0.2, 0) is 19.6 Å². The standard InChI is InChI=1S/C26H27BrN2O6S/c1-4-34-22-11-9-21(10-12-22)29(36(32,33)23-13-7-20(27)8-14-23)17-25(30)28-24-15-6-19(16-18(24)3)26(31)35-5-2/h6-16H,4-5,17H2,1-3H3,(H,28,30). The van der Waals surface area contributed by atoms with Crippen molar-refractivity contribution < 1.29 is 27.5 Å². The Hall–Kier alpha value is -3.37. The highest BCUT2D eigenvalue weighted by atomic mass is 79.9. The summed E-state index contributed by atoms with van der Waals surface area (Å²) in [6.45, 7) is 5.57. The SMILES string of the molecule is CCOC(=O)c1ccc(NC(=O)CN(c2ccc(OCC)cc2)S(=O)(=O)c2ccc(Br)cc2)c(C)c1. The average Bonchev–Trinajstić information content (AvgIpc) is 2.85. The molecule has 0 fully saturated rings. The van der Waals surface area contributed by atoms with Gasteiger partial charge in [0.05, 0.1) is 29.4 Å². The molecule has 0 saturated carbocycles. The lowest BCUT2D eigenvalue weighted by Crippen LogP contribution is -2.38. The molecule has 0 aliphatic rings. The van der Waals surface area contributed by atoms with E-state index >= 15 is 0 Å². The molecule has 1 N–H and O–H groups in total. The molecular formula is C26H27BrN2O6S. The summed E-state index contributed by atoms with van der Waals surface area (Å²) in [5, 5.41) is 2.74. The number of anilines is 2. The number of sulfonamides is 1. The van der Waals surface area contributed by atoms with Crippen LogP contribution in [0, 0.1) is 6.92 Å². The van der Waals surface area contributed by atoms with Gasteiger partial charge in [-0.05, 0) is 93.1 Å². The first kappa shape index (κ1) is 27.2. The number of nitrogens with one attached hydrogen (secondary N) is 1. The van der Waals surface area contributed by atoms with Gasteiger partial charge < -0.3 is 14.8 Å². The van der Waals surface area contributed by atoms with E-state index in [2.05, 4.69) is 21.2 Å². The molecule has 3 aromatic rings. The molecule has 0 spiro atoms. The minimum atomic E-state index is -4.07. The minimum Gasteiger partial charge on any atom is -0.494 e. The molecule has 0 aliphatic carbocycles. The van der Waals surface area contributed by atoms with Crippen LogP contribution in [-0.4, -0.2) is 40.1 Å². The second-order valence-corrected chi connectivity index (χ2v) is 10.5. The molecular weight excluding hydrogens is 548 g/mol. The highest BCUT2D eigenvalue weighted by Crippen LogP contribution is 2.27. The van der Waals surface area contributed by atoms with Crippen LogP contribution in [0.25, 0.3) is 0 Å². The number of esters is 1. The third kappa shape index (κ3) is 6.64. The fraction of sp³-hybridized carbons (Fsp3) is 0.231. The van der Waals surface area contributed by atoms with E-state index < -0.39 is 28.4 Å². The van der Waals surface area contributed by atoms with Gasteiger partial charge in [0.2, 0.25) is 5.91 Å². The third-order valence-electron chi connectivity index (χ3n) is 5.14. The summed E-state index contributed by atoms with van der Waals surface area (Å²) in [5.41, 5.74) is 1.77. The normalized spacial score (nSPS) is 11.0. The number of halogens is 1. The van der Waals surface area contributed by atoms with Gasteiger partial charge in [0, 0.05) is 10.2 Å². The van der Waals surface area contributed by atoms with Crippen LogP contribution >= 0.6 is 15.9 Å². The highest BCUT2D eigenvalue weighted by Gasteiger charge is 2.27. The fourth-order valence-corrected chi connectivity index (χ4v) is 5.07. The Bertz CT molecular complexity index is 1330. The average molecular weight is 575 g/mol. The number of rotatable bonds is 10. The van der Waals surface area contributed by atoms with Crippen molar-refractivity contribution in [2.24, 2.45) is 0 Å². The predicted octanol–water partition coefficient (Wildman–Crippen LogP) is 5.17. The van der Waals surface area contributed by atoms with Crippen LogP contribution in [0.4, 0.5) is 11.4 Å². The lowest BCUT2D eigenvalue weighted by molar-refractivity contribution is -0.114. The van der Waals surface area contributed by atoms with Gasteiger partial charge in [0.15, 0.2) is 0 Å². The highest BCUT2D eigenvalue weighted by molar-refractivity contribution is 9.10. The van der Waals surface area contributed by atoms with E-state index in [0.717, 1.165) is 8.78 Å². The summed E-state index contributed by atoms with van der Waals surface area (Å²) in [4.78, 5) is 25.0. The monoisotopic (exact) mass is 574 g/mol. The second-order valence-electron chi connectivity index (χ2n) is 7.69. The summed E-state index contributed by atoms with van der Waals surface area (Å²) in [5.74, 6) is -0.415. The Morgan fingerprint density at radius 3 is 2.19 bits per heavy atom. The second kappa shape index (κ2) is 12.0. The van der Waals surface area contributed by atoms with Crippen molar-refractivity contribution in [3.8, 4) is 5.75 Å². The zero-order chi connectivity index (χ0) is 26.3. The number of aryl methyl sites for hydroxylation is 1. The quantitative estimate of drug-likeness (QED) is 0.335. The summed E-state index contributed by atoms with van der Waals surface area (Å²) < 4.78 is 39.3. The van der Waals surface area contributed by atoms with Crippen LogP contribution in [0.2, 0.25) is 0 Å². The molecule has 0 radical (unpaired) electrons. The Labute approximate surface area is 219 Å². The molecule has 0 aromatic heterocycles. The molecule has 10 heteroatoms. The summed E-state index contributed by atoms with van der Waals surface area (Å²) in [6.07, 6.45) is 0. The fourth-order valence-electron chi connectivity index (χ4n) is 3.39. The van der Waals surface area contributed by atoms with E-state index in [-0.39, 0.29) is 11.5 Å². The zero-order valence-corrected chi connectivity index (χ0v) is 22.6. The Morgan fingerprint density at radius 1 is 0.944 bits per heavy atom. The molecule has 0 saturated heterocycles. The first-order valence-electron chi connectivity index (χ1n) is 11.2. The van der Waals surface area contributed by atoms with Gasteiger partial charge in [-0.2, -0.15) is 0 Å². The van der Waals surface area contributed by atoms with Crippen molar-refractivity contribution in [2.45, 2.75) is 25.7 Å². The molecule has 3 aromatic carbocycles. The first-order valence-corrected chi connectivity index (χ1v) is 13.5. The van der Waals surface area contributed by atoms with E-state index in [0.29, 0.717) is 34.9 Å². The number of amides is 1. The Kier molecular flexibility index (Phi) is 9.11. The molecule has 0 heterocycles. The Balaban J connectivity index is 1.89. The van der Waals surface area contributed by atoms with Gasteiger partial charge in [0.25, 0.3) is 10.0 Å². The molecule has 3 rings (SSSR count). The molecule has 0 bridgehead atoms. The molecule has 0 atom stereocenters. The maximum Gasteiger partial charge on any atom is 0.338 e. The lowest BCUT2D eigenvalue weighted by atomic mass is 10.1. The summed E-state index contributed by atoms with van der Waals surface area (Å²) in [6, 6.07) is 17.4. The molecule has 8 nitrogen and oxygen atoms in total. The molecule has 36 heavy (non-hydrogen) atoms. The lowest BCUT2D eigenvalue weighted by Gasteiger charge is -2.24. The van der Waals surface area contributed by atoms with Gasteiger partial charge in [0.1, 0.15) is 12.3 Å². The minimum absolute atomic E-state index is 0.0438. The zero-order valence-electron chi connectivity index (χ0n) is 20.2. The maximum atomic E-state index is 13.5. The van der Waals surface area contributed by atoms with E-state index in [1.54, 1.807) is 68.4 Å². The van der Waals surface area contributed by atoms with Crippen molar-refractivity contribution in [3.05, 3.63) is 82.3 Å². The van der Waals surface area contributed by atoms with E-state index in [4.69, 9.17) is 9.47 Å². The maximum absolute atomic E-state index is 13.5. The number of benzene rings is 3. The van der Waals surface area contributed by atoms with Crippen LogP contribution in [0.3, 0.4) is 0 Å². The number of hydrogen-bond donors (Lipinski definition) is 1. The molecule has 0 aliphatic heterocycles. The van der Waals surface area contributed by atoms with Crippen molar-refractivity contribution in [2.75, 3.05) is 29.4 Å². The van der Waals surface area contributed by atoms with Crippen molar-refractivity contribution in [1.82, 2.24) is 0 Å². The van der Waals surface area contributed by atoms with Crippen molar-refractivity contribution >= 4 is 49.2 Å². The number of carbonyl (C=O) groups is 2. The van der Waals surface area contributed by atoms with Gasteiger partial charge in [-0.25, -0.2) is 13.2 Å². The summed E-state index contributed by atoms with van der Waals surface area (Å²) >= 11 is 3.31. The van der Waals surface area contributed by atoms with Gasteiger partial charge in [-0.3, -0.25) is 9.10 Å². The molecule has 0 unspecified atom stereocenters. The molecule has 190 valence electrons. The number of hydrogen-bond acceptors (Lipinski definition) is 6. The Morgan fingerprint density at radius 2 is 1.61 bits per heavy atom. The van der Waals surface area contributed by atoms with Crippen molar-refractivity contribution in [3.63, 3.8) is 0 Å². The molecule has 1 amide bonds. The van der Waals surface area contributed by atoms with Crippen molar-refractivity contribution in [1.29, 1.82) is 0 Å². The number of nitrogens with zero attached hydrogens (tertiary/aromatic N) is 1. The van der Waals surface area contributed by atoms with E-state index in [9.17, 15) is 18.0 Å². The van der Waals surface area contributed by atoms with Crippen LogP contribution in [0.15, 0.2) is 76.1 Å². The number of carbonyl (C=O) groups excluding carboxylic acids is 2. The van der Waals surface area contributed by atoms with Crippen LogP contribution in [0.1, 0.15) is 29.8 Å². The largest absolute Gasteiger partial charge is 0.494 e. The summed E-state index contributed by atoms with van der Waals surface area (Å²) in [7, 11) is -4.07. The van der Waals surface area contributed by atoms with E-state index in [1.165, 1.54) is 12.1 Å². The van der Waals surface area contributed by atoms with Crippen LogP contribution < -0.4 is 14.4 Å². The topological polar surface area (TPSA) is 102 Å². The number of ether oxygens (including phenoxy) is 2. The van der Waals surface area contributed by atoms with Gasteiger partial charge in [-0.15, -0.1) is 0 Å². The smallest absolute Gasteiger partial charge is 0.338 e. The first-order chi connectivity index (χ1) is 17.1. The third-order valence-corrected chi connectivity index (χ3v) is 7.45. The van der Waals surface area contributed by atoms with Gasteiger partial charge >= 0.3 is 5.97 Å². The van der Waals surface area contributed by atoms with Crippen LogP contribution in [0.5, 0.6) is 5.75 Å². The predicted molar refractivity (Wildman–Crippen MR) is 142 cm³/mol. The van der Waals surface area contributed by atoms with E-state index in [1.807, 2.05) is 6.92 Å².